The number of fused-ring (bicyclic) bond motifs is 1. The molecule has 0 amide bonds. The van der Waals surface area contributed by atoms with Crippen molar-refractivity contribution in [2.24, 2.45) is 0 Å². The van der Waals surface area contributed by atoms with Crippen LogP contribution in [0, 0.1) is 0 Å². The molecule has 2 aromatic carbocycles. The Morgan fingerprint density at radius 3 is 2.50 bits per heavy atom. The summed E-state index contributed by atoms with van der Waals surface area (Å²) >= 11 is 0. The summed E-state index contributed by atoms with van der Waals surface area (Å²) in [7, 11) is 0. The van der Waals surface area contributed by atoms with Gasteiger partial charge in [-0.15, -0.1) is 0 Å². The molecule has 0 bridgehead atoms. The highest BCUT2D eigenvalue weighted by molar-refractivity contribution is 5.92. The van der Waals surface area contributed by atoms with Gasteiger partial charge in [-0.05, 0) is 53.8 Å². The van der Waals surface area contributed by atoms with E-state index in [2.05, 4.69) is 65.9 Å². The predicted octanol–water partition coefficient (Wildman–Crippen LogP) is 4.79. The lowest BCUT2D eigenvalue weighted by Crippen LogP contribution is -2.31. The van der Waals surface area contributed by atoms with Crippen LogP contribution < -0.4 is 10.1 Å². The number of carbonyl (C=O) groups is 1. The number of ether oxygens (including phenoxy) is 2. The van der Waals surface area contributed by atoms with Crippen LogP contribution in [0.2, 0.25) is 0 Å². The van der Waals surface area contributed by atoms with Crippen molar-refractivity contribution in [3.8, 4) is 5.75 Å². The van der Waals surface area contributed by atoms with Crippen LogP contribution >= 0.6 is 0 Å². The van der Waals surface area contributed by atoms with Crippen molar-refractivity contribution < 1.29 is 14.3 Å². The molecule has 8 nitrogen and oxygen atoms in total. The Kier molecular flexibility index (Phi) is 6.41. The number of hydrogen-bond acceptors (Lipinski definition) is 7. The maximum absolute atomic E-state index is 13.1. The van der Waals surface area contributed by atoms with Gasteiger partial charge in [0.15, 0.2) is 0 Å². The number of para-hydroxylation sites is 1. The van der Waals surface area contributed by atoms with Crippen LogP contribution in [-0.4, -0.2) is 32.3 Å². The van der Waals surface area contributed by atoms with E-state index in [0.29, 0.717) is 29.6 Å². The minimum Gasteiger partial charge on any atom is -0.489 e. The molecule has 1 aliphatic rings. The Hall–Kier alpha value is -3.68. The van der Waals surface area contributed by atoms with Gasteiger partial charge in [-0.3, -0.25) is 0 Å². The van der Waals surface area contributed by atoms with E-state index in [0.717, 1.165) is 11.1 Å². The molecule has 8 heteroatoms. The molecule has 0 saturated carbocycles. The van der Waals surface area contributed by atoms with E-state index in [1.54, 1.807) is 4.68 Å². The number of anilines is 1. The average molecular weight is 462 g/mol. The summed E-state index contributed by atoms with van der Waals surface area (Å²) in [6, 6.07) is 15.5. The number of nitrogens with zero attached hydrogens (tertiary/aromatic N) is 4. The molecule has 1 aliphatic heterocycles. The molecule has 0 radical (unpaired) electrons. The van der Waals surface area contributed by atoms with Gasteiger partial charge < -0.3 is 14.8 Å². The Balaban J connectivity index is 1.67. The van der Waals surface area contributed by atoms with Gasteiger partial charge in [0, 0.05) is 11.3 Å². The van der Waals surface area contributed by atoms with Crippen molar-refractivity contribution in [1.29, 1.82) is 0 Å². The van der Waals surface area contributed by atoms with Gasteiger partial charge >= 0.3 is 5.97 Å². The van der Waals surface area contributed by atoms with Crippen molar-refractivity contribution in [3.05, 3.63) is 76.5 Å². The van der Waals surface area contributed by atoms with Gasteiger partial charge in [-0.25, -0.2) is 4.79 Å². The van der Waals surface area contributed by atoms with E-state index in [9.17, 15) is 4.79 Å². The molecular formula is C26H31N5O3. The maximum atomic E-state index is 13.1. The second-order valence-electron chi connectivity index (χ2n) is 9.74. The first-order valence-corrected chi connectivity index (χ1v) is 11.4. The number of allylic oxidation sites excluding steroid dienone is 1. The molecule has 34 heavy (non-hydrogen) atoms. The molecule has 178 valence electrons. The van der Waals surface area contributed by atoms with Crippen LogP contribution in [0.25, 0.3) is 0 Å². The summed E-state index contributed by atoms with van der Waals surface area (Å²) in [6.45, 7) is 12.4. The summed E-state index contributed by atoms with van der Waals surface area (Å²) in [5.41, 5.74) is 4.29. The van der Waals surface area contributed by atoms with E-state index in [1.807, 2.05) is 45.0 Å². The van der Waals surface area contributed by atoms with Crippen molar-refractivity contribution in [2.75, 3.05) is 5.32 Å². The minimum atomic E-state index is -0.586. The number of tetrazole rings is 1. The van der Waals surface area contributed by atoms with E-state index in [1.165, 1.54) is 5.56 Å². The minimum absolute atomic E-state index is 0.0930. The number of esters is 1. The summed E-state index contributed by atoms with van der Waals surface area (Å²) in [5, 5.41) is 15.1. The lowest BCUT2D eigenvalue weighted by molar-refractivity contribution is -0.143. The van der Waals surface area contributed by atoms with Crippen LogP contribution in [0.5, 0.6) is 5.75 Å². The van der Waals surface area contributed by atoms with Crippen LogP contribution in [0.4, 0.5) is 5.95 Å². The van der Waals surface area contributed by atoms with Gasteiger partial charge in [-0.2, -0.15) is 4.68 Å². The molecule has 1 unspecified atom stereocenters. The van der Waals surface area contributed by atoms with Crippen molar-refractivity contribution in [3.63, 3.8) is 0 Å². The zero-order valence-electron chi connectivity index (χ0n) is 20.5. The van der Waals surface area contributed by atoms with Gasteiger partial charge in [0.05, 0.1) is 11.7 Å². The Bertz CT molecular complexity index is 1210. The standard InChI is InChI=1S/C26H31N5O3/c1-16(2)34-24(32)22-17(3)27-25-28-29-30-31(25)23(22)20-9-7-8-10-21(20)33-15-18-11-13-19(14-12-18)26(4,5)6/h7-14,16,23H,15H2,1-6H3,(H,27,28,30). The summed E-state index contributed by atoms with van der Waals surface area (Å²) in [6.07, 6.45) is -0.258. The number of rotatable bonds is 6. The molecule has 3 aromatic rings. The Morgan fingerprint density at radius 1 is 1.12 bits per heavy atom. The fourth-order valence-corrected chi connectivity index (χ4v) is 3.94. The predicted molar refractivity (Wildman–Crippen MR) is 129 cm³/mol. The van der Waals surface area contributed by atoms with Gasteiger partial charge in [0.25, 0.3) is 0 Å². The first kappa shape index (κ1) is 23.5. The highest BCUT2D eigenvalue weighted by atomic mass is 16.5. The number of benzene rings is 2. The molecule has 0 saturated heterocycles. The third kappa shape index (κ3) is 4.81. The zero-order valence-corrected chi connectivity index (χ0v) is 20.5. The Morgan fingerprint density at radius 2 is 1.82 bits per heavy atom. The van der Waals surface area contributed by atoms with Crippen LogP contribution in [-0.2, 0) is 21.6 Å². The highest BCUT2D eigenvalue weighted by Gasteiger charge is 2.36. The third-order valence-electron chi connectivity index (χ3n) is 5.70. The average Bonchev–Trinajstić information content (AvgIpc) is 3.24. The molecule has 0 fully saturated rings. The van der Waals surface area contributed by atoms with E-state index in [-0.39, 0.29) is 11.5 Å². The van der Waals surface area contributed by atoms with E-state index < -0.39 is 12.0 Å². The summed E-state index contributed by atoms with van der Waals surface area (Å²) < 4.78 is 13.4. The summed E-state index contributed by atoms with van der Waals surface area (Å²) in [5.74, 6) is 0.688. The SMILES string of the molecule is CC1=C(C(=O)OC(C)C)C(c2ccccc2OCc2ccc(C(C)(C)C)cc2)n2nnnc2N1. The van der Waals surface area contributed by atoms with Gasteiger partial charge in [0.1, 0.15) is 18.4 Å². The molecule has 2 heterocycles. The van der Waals surface area contributed by atoms with Gasteiger partial charge in [-0.1, -0.05) is 68.3 Å². The summed E-state index contributed by atoms with van der Waals surface area (Å²) in [4.78, 5) is 13.1. The van der Waals surface area contributed by atoms with Crippen molar-refractivity contribution in [1.82, 2.24) is 20.2 Å². The quantitative estimate of drug-likeness (QED) is 0.528. The molecular weight excluding hydrogens is 430 g/mol. The van der Waals surface area contributed by atoms with Crippen LogP contribution in [0.15, 0.2) is 59.8 Å². The molecule has 1 N–H and O–H groups in total. The molecule has 0 spiro atoms. The maximum Gasteiger partial charge on any atom is 0.338 e. The number of carbonyl (C=O) groups excluding carboxylic acids is 1. The largest absolute Gasteiger partial charge is 0.489 e. The lowest BCUT2D eigenvalue weighted by Gasteiger charge is -2.29. The van der Waals surface area contributed by atoms with Crippen molar-refractivity contribution in [2.45, 2.75) is 65.7 Å². The first-order valence-electron chi connectivity index (χ1n) is 11.4. The molecule has 1 aromatic heterocycles. The fourth-order valence-electron chi connectivity index (χ4n) is 3.94. The Labute approximate surface area is 200 Å². The van der Waals surface area contributed by atoms with Gasteiger partial charge in [0.2, 0.25) is 5.95 Å². The molecule has 1 atom stereocenters. The van der Waals surface area contributed by atoms with Crippen molar-refractivity contribution >= 4 is 11.9 Å². The zero-order chi connectivity index (χ0) is 24.5. The second kappa shape index (κ2) is 9.29. The monoisotopic (exact) mass is 461 g/mol. The molecule has 0 aliphatic carbocycles. The number of nitrogens with one attached hydrogen (secondary N) is 1. The number of aromatic nitrogens is 4. The van der Waals surface area contributed by atoms with Crippen LogP contribution in [0.1, 0.15) is 64.3 Å². The molecule has 4 rings (SSSR count). The fraction of sp³-hybridized carbons (Fsp3) is 0.385. The number of hydrogen-bond donors (Lipinski definition) is 1. The normalized spacial score (nSPS) is 15.7. The third-order valence-corrected chi connectivity index (χ3v) is 5.70. The topological polar surface area (TPSA) is 91.2 Å². The second-order valence-corrected chi connectivity index (χ2v) is 9.74. The lowest BCUT2D eigenvalue weighted by atomic mass is 9.87. The van der Waals surface area contributed by atoms with E-state index >= 15 is 0 Å². The highest BCUT2D eigenvalue weighted by Crippen LogP contribution is 2.39. The van der Waals surface area contributed by atoms with Crippen LogP contribution in [0.3, 0.4) is 0 Å². The first-order chi connectivity index (χ1) is 16.1. The van der Waals surface area contributed by atoms with E-state index in [4.69, 9.17) is 9.47 Å². The smallest absolute Gasteiger partial charge is 0.338 e.